The van der Waals surface area contributed by atoms with Crippen molar-refractivity contribution < 1.29 is 18.7 Å². The van der Waals surface area contributed by atoms with Gasteiger partial charge in [-0.3, -0.25) is 9.59 Å². The number of nitrogens with one attached hydrogen (secondary N) is 1. The number of nitrogens with zero attached hydrogens (tertiary/aromatic N) is 2. The molecule has 182 valence electrons. The molecule has 10 heteroatoms. The molecule has 1 N–H and O–H groups in total. The minimum atomic E-state index is -0.530. The lowest BCUT2D eigenvalue weighted by Gasteiger charge is -2.37. The number of hydrogen-bond acceptors (Lipinski definition) is 4. The van der Waals surface area contributed by atoms with Crippen LogP contribution in [-0.2, 0) is 0 Å². The third-order valence-electron chi connectivity index (χ3n) is 5.68. The Morgan fingerprint density at radius 2 is 1.71 bits per heavy atom. The van der Waals surface area contributed by atoms with Gasteiger partial charge in [-0.2, -0.15) is 0 Å². The monoisotopic (exact) mass is 623 g/mol. The summed E-state index contributed by atoms with van der Waals surface area (Å²) in [7, 11) is 1.50. The number of benzene rings is 3. The number of ether oxygens (including phenoxy) is 1. The summed E-state index contributed by atoms with van der Waals surface area (Å²) in [5.74, 6) is -0.813. The van der Waals surface area contributed by atoms with Gasteiger partial charge in [-0.05, 0) is 58.4 Å². The molecular weight excluding hydrogens is 605 g/mol. The fourth-order valence-corrected chi connectivity index (χ4v) is 5.52. The van der Waals surface area contributed by atoms with Crippen LogP contribution in [-0.4, -0.2) is 50.0 Å². The average molecular weight is 626 g/mol. The smallest absolute Gasteiger partial charge is 0.259 e. The third kappa shape index (κ3) is 5.63. The largest absolute Gasteiger partial charge is 0.495 e. The minimum Gasteiger partial charge on any atom is -0.495 e. The van der Waals surface area contributed by atoms with Gasteiger partial charge < -0.3 is 19.9 Å². The SMILES string of the molecule is COc1c(Br)cc(Br)cc1C(=O)Nc1cc(Cl)ccc1N1CCN(C(=O)c2ccccc2F)CC1. The number of rotatable bonds is 5. The first-order valence-electron chi connectivity index (χ1n) is 10.7. The highest BCUT2D eigenvalue weighted by Crippen LogP contribution is 2.35. The van der Waals surface area contributed by atoms with E-state index < -0.39 is 5.82 Å². The van der Waals surface area contributed by atoms with E-state index in [1.54, 1.807) is 41.3 Å². The molecule has 0 spiro atoms. The van der Waals surface area contributed by atoms with Crippen LogP contribution in [0.25, 0.3) is 0 Å². The lowest BCUT2D eigenvalue weighted by Crippen LogP contribution is -2.49. The quantitative estimate of drug-likeness (QED) is 0.366. The summed E-state index contributed by atoms with van der Waals surface area (Å²) in [6.45, 7) is 1.85. The number of amides is 2. The Hall–Kier alpha value is -2.62. The van der Waals surface area contributed by atoms with Crippen LogP contribution in [0, 0.1) is 5.82 Å². The third-order valence-corrected chi connectivity index (χ3v) is 6.96. The highest BCUT2D eigenvalue weighted by molar-refractivity contribution is 9.11. The van der Waals surface area contributed by atoms with Crippen molar-refractivity contribution in [3.8, 4) is 5.75 Å². The number of hydrogen-bond donors (Lipinski definition) is 1. The van der Waals surface area contributed by atoms with E-state index in [4.69, 9.17) is 16.3 Å². The number of anilines is 2. The Morgan fingerprint density at radius 1 is 1.00 bits per heavy atom. The molecule has 35 heavy (non-hydrogen) atoms. The van der Waals surface area contributed by atoms with E-state index >= 15 is 0 Å². The second kappa shape index (κ2) is 11.0. The molecule has 0 radical (unpaired) electrons. The Balaban J connectivity index is 1.53. The number of carbonyl (C=O) groups excluding carboxylic acids is 2. The summed E-state index contributed by atoms with van der Waals surface area (Å²) in [6, 6.07) is 14.7. The second-order valence-corrected chi connectivity index (χ2v) is 10.0. The molecule has 3 aromatic rings. The van der Waals surface area contributed by atoms with Gasteiger partial charge >= 0.3 is 0 Å². The van der Waals surface area contributed by atoms with Crippen LogP contribution < -0.4 is 15.0 Å². The van der Waals surface area contributed by atoms with Crippen molar-refractivity contribution in [1.29, 1.82) is 0 Å². The molecule has 1 heterocycles. The average Bonchev–Trinajstić information content (AvgIpc) is 2.84. The van der Waals surface area contributed by atoms with Crippen LogP contribution in [0.15, 0.2) is 63.5 Å². The zero-order valence-corrected chi connectivity index (χ0v) is 22.6. The fraction of sp³-hybridized carbons (Fsp3) is 0.200. The molecular formula is C25H21Br2ClFN3O3. The normalized spacial score (nSPS) is 13.5. The highest BCUT2D eigenvalue weighted by Gasteiger charge is 2.26. The summed E-state index contributed by atoms with van der Waals surface area (Å²) in [5, 5.41) is 3.42. The van der Waals surface area contributed by atoms with Gasteiger partial charge in [0, 0.05) is 35.7 Å². The van der Waals surface area contributed by atoms with Crippen molar-refractivity contribution >= 4 is 66.6 Å². The first-order chi connectivity index (χ1) is 16.8. The maximum atomic E-state index is 14.1. The van der Waals surface area contributed by atoms with Crippen molar-refractivity contribution in [2.24, 2.45) is 0 Å². The van der Waals surface area contributed by atoms with E-state index in [0.717, 1.165) is 10.2 Å². The van der Waals surface area contributed by atoms with Gasteiger partial charge in [-0.1, -0.05) is 39.7 Å². The Labute approximate surface area is 224 Å². The number of carbonyl (C=O) groups is 2. The molecule has 0 atom stereocenters. The van der Waals surface area contributed by atoms with Gasteiger partial charge in [-0.25, -0.2) is 4.39 Å². The fourth-order valence-electron chi connectivity index (χ4n) is 3.97. The van der Waals surface area contributed by atoms with Crippen LogP contribution in [0.1, 0.15) is 20.7 Å². The summed E-state index contributed by atoms with van der Waals surface area (Å²) < 4.78 is 20.8. The molecule has 3 aromatic carbocycles. The lowest BCUT2D eigenvalue weighted by molar-refractivity contribution is 0.0742. The van der Waals surface area contributed by atoms with Crippen molar-refractivity contribution in [2.45, 2.75) is 0 Å². The first-order valence-corrected chi connectivity index (χ1v) is 12.7. The zero-order valence-electron chi connectivity index (χ0n) is 18.7. The van der Waals surface area contributed by atoms with Crippen molar-refractivity contribution in [1.82, 2.24) is 4.90 Å². The van der Waals surface area contributed by atoms with E-state index in [9.17, 15) is 14.0 Å². The van der Waals surface area contributed by atoms with Crippen LogP contribution in [0.5, 0.6) is 5.75 Å². The van der Waals surface area contributed by atoms with E-state index in [-0.39, 0.29) is 17.4 Å². The summed E-state index contributed by atoms with van der Waals surface area (Å²) in [6.07, 6.45) is 0. The molecule has 2 amide bonds. The molecule has 1 aliphatic rings. The molecule has 1 fully saturated rings. The molecule has 0 saturated carbocycles. The lowest BCUT2D eigenvalue weighted by atomic mass is 10.1. The van der Waals surface area contributed by atoms with E-state index in [2.05, 4.69) is 42.1 Å². The molecule has 0 aliphatic carbocycles. The predicted octanol–water partition coefficient (Wildman–Crippen LogP) is 6.23. The number of halogens is 4. The van der Waals surface area contributed by atoms with Gasteiger partial charge in [-0.15, -0.1) is 0 Å². The van der Waals surface area contributed by atoms with E-state index in [1.807, 2.05) is 6.07 Å². The molecule has 0 unspecified atom stereocenters. The Morgan fingerprint density at radius 3 is 2.40 bits per heavy atom. The van der Waals surface area contributed by atoms with Crippen LogP contribution >= 0.6 is 43.5 Å². The van der Waals surface area contributed by atoms with Crippen molar-refractivity contribution in [3.63, 3.8) is 0 Å². The highest BCUT2D eigenvalue weighted by atomic mass is 79.9. The van der Waals surface area contributed by atoms with Crippen molar-refractivity contribution in [3.05, 3.63) is 85.5 Å². The zero-order chi connectivity index (χ0) is 25.1. The molecule has 0 bridgehead atoms. The minimum absolute atomic E-state index is 0.0644. The summed E-state index contributed by atoms with van der Waals surface area (Å²) in [5.41, 5.74) is 1.72. The Kier molecular flexibility index (Phi) is 7.98. The summed E-state index contributed by atoms with van der Waals surface area (Å²) in [4.78, 5) is 29.7. The molecule has 1 saturated heterocycles. The van der Waals surface area contributed by atoms with E-state index in [0.29, 0.717) is 52.7 Å². The topological polar surface area (TPSA) is 61.9 Å². The van der Waals surface area contributed by atoms with Gasteiger partial charge in [0.25, 0.3) is 11.8 Å². The molecule has 0 aromatic heterocycles. The maximum Gasteiger partial charge on any atom is 0.259 e. The standard InChI is InChI=1S/C25H21Br2ClFN3O3/c1-35-23-18(12-15(26)13-19(23)27)24(33)30-21-14-16(28)6-7-22(21)31-8-10-32(11-9-31)25(34)17-4-2-3-5-20(17)29/h2-7,12-14H,8-11H2,1H3,(H,30,33). The van der Waals surface area contributed by atoms with Gasteiger partial charge in [0.1, 0.15) is 11.6 Å². The number of methoxy groups -OCH3 is 1. The van der Waals surface area contributed by atoms with Gasteiger partial charge in [0.15, 0.2) is 0 Å². The van der Waals surface area contributed by atoms with Crippen molar-refractivity contribution in [2.75, 3.05) is 43.5 Å². The van der Waals surface area contributed by atoms with Crippen LogP contribution in [0.4, 0.5) is 15.8 Å². The van der Waals surface area contributed by atoms with E-state index in [1.165, 1.54) is 19.2 Å². The molecule has 6 nitrogen and oxygen atoms in total. The van der Waals surface area contributed by atoms with Crippen LogP contribution in [0.3, 0.4) is 0 Å². The molecule has 1 aliphatic heterocycles. The summed E-state index contributed by atoms with van der Waals surface area (Å²) >= 11 is 13.1. The first kappa shape index (κ1) is 25.5. The molecule has 4 rings (SSSR count). The number of piperazine rings is 1. The van der Waals surface area contributed by atoms with Crippen LogP contribution in [0.2, 0.25) is 5.02 Å². The Bertz CT molecular complexity index is 1280. The maximum absolute atomic E-state index is 14.1. The second-order valence-electron chi connectivity index (χ2n) is 7.84. The van der Waals surface area contributed by atoms with Gasteiger partial charge in [0.05, 0.1) is 34.1 Å². The van der Waals surface area contributed by atoms with Gasteiger partial charge in [0.2, 0.25) is 0 Å². The predicted molar refractivity (Wildman–Crippen MR) is 142 cm³/mol.